The van der Waals surface area contributed by atoms with Gasteiger partial charge >= 0.3 is 5.37 Å². The summed E-state index contributed by atoms with van der Waals surface area (Å²) in [5.74, 6) is 0.754. The van der Waals surface area contributed by atoms with Crippen LogP contribution in [0.25, 0.3) is 0 Å². The molecule has 0 spiro atoms. The molecule has 0 bridgehead atoms. The van der Waals surface area contributed by atoms with Crippen LogP contribution < -0.4 is 4.74 Å². The van der Waals surface area contributed by atoms with Crippen molar-refractivity contribution < 1.29 is 9.53 Å². The number of halogens is 1. The van der Waals surface area contributed by atoms with E-state index in [1.807, 2.05) is 24.3 Å². The first-order chi connectivity index (χ1) is 6.77. The molecule has 1 amide bonds. The van der Waals surface area contributed by atoms with E-state index in [0.29, 0.717) is 6.54 Å². The molecule has 3 nitrogen and oxygen atoms in total. The Morgan fingerprint density at radius 2 is 2.21 bits per heavy atom. The van der Waals surface area contributed by atoms with Crippen LogP contribution in [0.1, 0.15) is 5.56 Å². The van der Waals surface area contributed by atoms with E-state index >= 15 is 0 Å². The third-order valence-corrected chi connectivity index (χ3v) is 2.19. The highest BCUT2D eigenvalue weighted by molar-refractivity contribution is 6.62. The summed E-state index contributed by atoms with van der Waals surface area (Å²) >= 11 is 5.38. The lowest BCUT2D eigenvalue weighted by Gasteiger charge is -2.12. The first-order valence-corrected chi connectivity index (χ1v) is 4.52. The van der Waals surface area contributed by atoms with E-state index in [0.717, 1.165) is 11.3 Å². The zero-order chi connectivity index (χ0) is 9.97. The van der Waals surface area contributed by atoms with E-state index in [2.05, 4.69) is 0 Å². The Kier molecular flexibility index (Phi) is 2.41. The monoisotopic (exact) mass is 209 g/mol. The maximum atomic E-state index is 10.9. The van der Waals surface area contributed by atoms with Crippen molar-refractivity contribution in [1.82, 2.24) is 4.90 Å². The average molecular weight is 210 g/mol. The Balaban J connectivity index is 2.33. The summed E-state index contributed by atoms with van der Waals surface area (Å²) in [5, 5.41) is -0.512. The van der Waals surface area contributed by atoms with Crippen molar-refractivity contribution in [2.75, 3.05) is 0 Å². The van der Waals surface area contributed by atoms with Crippen LogP contribution in [0.3, 0.4) is 0 Å². The van der Waals surface area contributed by atoms with Gasteiger partial charge < -0.3 is 4.74 Å². The molecule has 1 aromatic rings. The number of hydrogen-bond donors (Lipinski definition) is 0. The number of ether oxygens (including phenoxy) is 1. The molecule has 0 aliphatic carbocycles. The molecule has 4 heteroatoms. The van der Waals surface area contributed by atoms with Gasteiger partial charge in [-0.1, -0.05) is 18.2 Å². The molecule has 0 fully saturated rings. The fourth-order valence-corrected chi connectivity index (χ4v) is 1.40. The molecule has 1 aliphatic rings. The van der Waals surface area contributed by atoms with Gasteiger partial charge in [0.05, 0.1) is 6.54 Å². The minimum absolute atomic E-state index is 0.439. The highest BCUT2D eigenvalue weighted by Gasteiger charge is 2.13. The molecule has 14 heavy (non-hydrogen) atoms. The normalized spacial score (nSPS) is 14.2. The summed E-state index contributed by atoms with van der Waals surface area (Å²) < 4.78 is 5.30. The quantitative estimate of drug-likeness (QED) is 0.486. The van der Waals surface area contributed by atoms with Crippen molar-refractivity contribution in [1.29, 1.82) is 0 Å². The van der Waals surface area contributed by atoms with Gasteiger partial charge in [0.15, 0.2) is 0 Å². The van der Waals surface area contributed by atoms with E-state index < -0.39 is 5.37 Å². The number of para-hydroxylation sites is 1. The van der Waals surface area contributed by atoms with Crippen molar-refractivity contribution >= 4 is 17.0 Å². The van der Waals surface area contributed by atoms with E-state index in [9.17, 15) is 4.79 Å². The Hall–Kier alpha value is -1.48. The number of nitrogens with zero attached hydrogens (tertiary/aromatic N) is 1. The van der Waals surface area contributed by atoms with Crippen LogP contribution in [-0.2, 0) is 6.54 Å². The predicted molar refractivity (Wildman–Crippen MR) is 53.0 cm³/mol. The van der Waals surface area contributed by atoms with E-state index in [4.69, 9.17) is 16.3 Å². The van der Waals surface area contributed by atoms with Crippen LogP contribution in [0.15, 0.2) is 36.7 Å². The van der Waals surface area contributed by atoms with E-state index in [1.165, 1.54) is 17.4 Å². The number of carbonyl (C=O) groups excluding carboxylic acids is 1. The molecule has 1 aliphatic heterocycles. The van der Waals surface area contributed by atoms with Crippen LogP contribution in [0, 0.1) is 0 Å². The topological polar surface area (TPSA) is 29.5 Å². The lowest BCUT2D eigenvalue weighted by Crippen LogP contribution is -2.18. The summed E-state index contributed by atoms with van der Waals surface area (Å²) in [7, 11) is 0. The van der Waals surface area contributed by atoms with Crippen LogP contribution in [0.5, 0.6) is 5.75 Å². The van der Waals surface area contributed by atoms with Crippen molar-refractivity contribution in [3.63, 3.8) is 0 Å². The van der Waals surface area contributed by atoms with Gasteiger partial charge in [0.25, 0.3) is 0 Å². The van der Waals surface area contributed by atoms with Crippen molar-refractivity contribution in [2.24, 2.45) is 0 Å². The highest BCUT2D eigenvalue weighted by atomic mass is 35.5. The second-order valence-corrected chi connectivity index (χ2v) is 3.21. The highest BCUT2D eigenvalue weighted by Crippen LogP contribution is 2.23. The van der Waals surface area contributed by atoms with Gasteiger partial charge in [-0.05, 0) is 17.7 Å². The van der Waals surface area contributed by atoms with Gasteiger partial charge in [-0.2, -0.15) is 0 Å². The largest absolute Gasteiger partial charge is 0.463 e. The third kappa shape index (κ3) is 1.72. The van der Waals surface area contributed by atoms with Crippen LogP contribution in [0.4, 0.5) is 4.79 Å². The Labute approximate surface area is 86.5 Å². The molecule has 1 aromatic carbocycles. The molecule has 0 atom stereocenters. The fourth-order valence-electron chi connectivity index (χ4n) is 1.28. The maximum absolute atomic E-state index is 10.9. The zero-order valence-corrected chi connectivity index (χ0v) is 8.07. The summed E-state index contributed by atoms with van der Waals surface area (Å²) in [6, 6.07) is 7.52. The van der Waals surface area contributed by atoms with Crippen molar-refractivity contribution in [3.05, 3.63) is 42.3 Å². The molecule has 1 heterocycles. The Morgan fingerprint density at radius 1 is 1.43 bits per heavy atom. The minimum Gasteiger partial charge on any atom is -0.463 e. The van der Waals surface area contributed by atoms with Gasteiger partial charge in [-0.3, -0.25) is 9.69 Å². The van der Waals surface area contributed by atoms with Crippen LogP contribution in [-0.4, -0.2) is 10.3 Å². The van der Waals surface area contributed by atoms with Gasteiger partial charge in [0.1, 0.15) is 12.0 Å². The second kappa shape index (κ2) is 3.72. The first-order valence-electron chi connectivity index (χ1n) is 4.15. The van der Waals surface area contributed by atoms with Crippen LogP contribution >= 0.6 is 11.6 Å². The number of amides is 1. The first kappa shape index (κ1) is 9.09. The molecular formula is C10H8ClNO2. The number of fused-ring (bicyclic) bond motifs is 1. The number of hydrogen-bond acceptors (Lipinski definition) is 2. The molecule has 2 rings (SSSR count). The fraction of sp³-hybridized carbons (Fsp3) is 0.100. The summed E-state index contributed by atoms with van der Waals surface area (Å²) in [4.78, 5) is 12.3. The molecule has 0 saturated carbocycles. The smallest absolute Gasteiger partial charge is 0.320 e. The summed E-state index contributed by atoms with van der Waals surface area (Å²) in [6.45, 7) is 0.439. The summed E-state index contributed by atoms with van der Waals surface area (Å²) in [6.07, 6.45) is 2.97. The van der Waals surface area contributed by atoms with Gasteiger partial charge in [0.2, 0.25) is 0 Å². The summed E-state index contributed by atoms with van der Waals surface area (Å²) in [5.41, 5.74) is 0.937. The third-order valence-electron chi connectivity index (χ3n) is 1.97. The molecule has 0 aromatic heterocycles. The molecule has 72 valence electrons. The van der Waals surface area contributed by atoms with Gasteiger partial charge in [0, 0.05) is 11.8 Å². The molecule has 0 saturated heterocycles. The van der Waals surface area contributed by atoms with Crippen LogP contribution in [0.2, 0.25) is 0 Å². The predicted octanol–water partition coefficient (Wildman–Crippen LogP) is 2.71. The minimum atomic E-state index is -0.512. The van der Waals surface area contributed by atoms with Crippen molar-refractivity contribution in [3.8, 4) is 5.75 Å². The van der Waals surface area contributed by atoms with Crippen molar-refractivity contribution in [2.45, 2.75) is 6.54 Å². The zero-order valence-electron chi connectivity index (χ0n) is 7.31. The van der Waals surface area contributed by atoms with Gasteiger partial charge in [-0.15, -0.1) is 0 Å². The lowest BCUT2D eigenvalue weighted by molar-refractivity contribution is 0.236. The van der Waals surface area contributed by atoms with E-state index in [1.54, 1.807) is 0 Å². The second-order valence-electron chi connectivity index (χ2n) is 2.89. The molecular weight excluding hydrogens is 202 g/mol. The average Bonchev–Trinajstić information content (AvgIpc) is 2.39. The number of rotatable bonds is 0. The lowest BCUT2D eigenvalue weighted by atomic mass is 10.2. The van der Waals surface area contributed by atoms with E-state index in [-0.39, 0.29) is 0 Å². The molecule has 0 N–H and O–H groups in total. The Morgan fingerprint density at radius 3 is 3.00 bits per heavy atom. The van der Waals surface area contributed by atoms with Gasteiger partial charge in [-0.25, -0.2) is 0 Å². The Bertz CT molecular complexity index is 389. The molecule has 0 radical (unpaired) electrons. The number of benzene rings is 1. The maximum Gasteiger partial charge on any atom is 0.320 e. The molecule has 0 unspecified atom stereocenters. The SMILES string of the molecule is O=C(Cl)N1C=COc2ccccc2C1. The standard InChI is InChI=1S/C10H8ClNO2/c11-10(13)12-5-6-14-9-4-2-1-3-8(9)7-12/h1-6H,7H2. The number of carbonyl (C=O) groups is 1.